The van der Waals surface area contributed by atoms with Crippen molar-refractivity contribution < 1.29 is 44.9 Å². The quantitative estimate of drug-likeness (QED) is 0.0295. The molecule has 1 rings (SSSR count). The number of hydrogen-bond acceptors (Lipinski definition) is 9. The lowest BCUT2D eigenvalue weighted by Gasteiger charge is -2.40. The number of rotatable bonds is 45. The number of ether oxygens (including phenoxy) is 2. The molecular weight excluding hydrogens is 771 g/mol. The highest BCUT2D eigenvalue weighted by atomic mass is 16.7. The van der Waals surface area contributed by atoms with E-state index in [-0.39, 0.29) is 18.9 Å². The highest BCUT2D eigenvalue weighted by Gasteiger charge is 2.44. The van der Waals surface area contributed by atoms with E-state index in [0.29, 0.717) is 6.42 Å². The van der Waals surface area contributed by atoms with Gasteiger partial charge in [-0.3, -0.25) is 4.79 Å². The van der Waals surface area contributed by atoms with Crippen LogP contribution in [0.3, 0.4) is 0 Å². The van der Waals surface area contributed by atoms with E-state index in [0.717, 1.165) is 38.5 Å². The van der Waals surface area contributed by atoms with E-state index in [9.17, 15) is 35.4 Å². The van der Waals surface area contributed by atoms with Gasteiger partial charge in [-0.1, -0.05) is 239 Å². The summed E-state index contributed by atoms with van der Waals surface area (Å²) < 4.78 is 11.2. The molecule has 0 aromatic carbocycles. The summed E-state index contributed by atoms with van der Waals surface area (Å²) in [4.78, 5) is 13.0. The SMILES string of the molecule is CCCCCCCCCCCCCCCCCCCCCCCCCCC(=O)N[C@@H](CO[C@H]1O[C@H](CO)[C@H](O)[C@H](O)[C@H]1O)[C@H](O)[C@H](O)CCCCCCCCCCCCCC. The molecule has 10 nitrogen and oxygen atoms in total. The average Bonchev–Trinajstić information content (AvgIpc) is 3.26. The van der Waals surface area contributed by atoms with Crippen molar-refractivity contribution in [3.63, 3.8) is 0 Å². The van der Waals surface area contributed by atoms with Gasteiger partial charge in [-0.2, -0.15) is 0 Å². The van der Waals surface area contributed by atoms with Gasteiger partial charge in [-0.15, -0.1) is 0 Å². The predicted molar refractivity (Wildman–Crippen MR) is 250 cm³/mol. The van der Waals surface area contributed by atoms with Crippen molar-refractivity contribution in [2.75, 3.05) is 13.2 Å². The summed E-state index contributed by atoms with van der Waals surface area (Å²) in [5.41, 5.74) is 0. The minimum absolute atomic E-state index is 0.252. The Balaban J connectivity index is 2.24. The summed E-state index contributed by atoms with van der Waals surface area (Å²) in [6.07, 6.45) is 36.9. The molecule has 7 N–H and O–H groups in total. The monoisotopic (exact) mass is 872 g/mol. The smallest absolute Gasteiger partial charge is 0.220 e. The summed E-state index contributed by atoms with van der Waals surface area (Å²) in [5, 5.41) is 65.3. The van der Waals surface area contributed by atoms with Crippen LogP contribution in [0.4, 0.5) is 0 Å². The second-order valence-corrected chi connectivity index (χ2v) is 18.8. The fourth-order valence-corrected chi connectivity index (χ4v) is 8.79. The molecule has 1 amide bonds. The molecule has 10 heteroatoms. The van der Waals surface area contributed by atoms with E-state index >= 15 is 0 Å². The Kier molecular flexibility index (Phi) is 39.9. The number of carbonyl (C=O) groups is 1. The number of aliphatic hydroxyl groups is 6. The third kappa shape index (κ3) is 31.6. The van der Waals surface area contributed by atoms with Gasteiger partial charge in [0.1, 0.15) is 30.5 Å². The lowest BCUT2D eigenvalue weighted by atomic mass is 9.98. The number of aliphatic hydroxyl groups excluding tert-OH is 6. The fraction of sp³-hybridized carbons (Fsp3) is 0.980. The summed E-state index contributed by atoms with van der Waals surface area (Å²) in [6.45, 7) is 3.63. The number of hydrogen-bond donors (Lipinski definition) is 7. The van der Waals surface area contributed by atoms with Crippen LogP contribution in [0.15, 0.2) is 0 Å². The fourth-order valence-electron chi connectivity index (χ4n) is 8.79. The van der Waals surface area contributed by atoms with Crippen molar-refractivity contribution in [3.8, 4) is 0 Å². The summed E-state index contributed by atoms with van der Waals surface area (Å²) >= 11 is 0. The molecule has 0 spiro atoms. The maximum Gasteiger partial charge on any atom is 0.220 e. The van der Waals surface area contributed by atoms with E-state index < -0.39 is 55.6 Å². The summed E-state index contributed by atoms with van der Waals surface area (Å²) in [7, 11) is 0. The molecule has 0 aliphatic carbocycles. The first-order valence-electron chi connectivity index (χ1n) is 26.3. The number of amides is 1. The van der Waals surface area contributed by atoms with Gasteiger partial charge in [0.05, 0.1) is 25.4 Å². The molecule has 0 radical (unpaired) electrons. The Morgan fingerprint density at radius 3 is 1.21 bits per heavy atom. The molecule has 1 heterocycles. The summed E-state index contributed by atoms with van der Waals surface area (Å²) in [6, 6.07) is -0.985. The van der Waals surface area contributed by atoms with E-state index in [1.54, 1.807) is 0 Å². The molecule has 0 saturated carbocycles. The summed E-state index contributed by atoms with van der Waals surface area (Å²) in [5.74, 6) is -0.252. The third-order valence-electron chi connectivity index (χ3n) is 13.1. The standard InChI is InChI=1S/C51H101NO9/c1-3-5-7-9-11-13-15-17-18-19-20-21-22-23-24-25-26-27-28-30-32-34-36-38-40-46(55)52-43(42-60-51-50(59)49(58)48(57)45(41-53)61-51)47(56)44(54)39-37-35-33-31-29-16-14-12-10-8-6-4-2/h43-45,47-51,53-54,56-59H,3-42H2,1-2H3,(H,52,55)/t43-,44+,45+,47-,48-,49-,50+,51-/m0/s1. The van der Waals surface area contributed by atoms with Crippen LogP contribution in [-0.4, -0.2) is 98.7 Å². The van der Waals surface area contributed by atoms with Crippen LogP contribution in [0.2, 0.25) is 0 Å². The van der Waals surface area contributed by atoms with Gasteiger partial charge < -0.3 is 45.4 Å². The van der Waals surface area contributed by atoms with Crippen molar-refractivity contribution in [1.82, 2.24) is 5.32 Å². The van der Waals surface area contributed by atoms with Crippen LogP contribution in [0.25, 0.3) is 0 Å². The Labute approximate surface area is 375 Å². The van der Waals surface area contributed by atoms with E-state index in [1.807, 2.05) is 0 Å². The Bertz CT molecular complexity index is 942. The normalized spacial score (nSPS) is 20.8. The molecule has 0 unspecified atom stereocenters. The van der Waals surface area contributed by atoms with Gasteiger partial charge in [-0.25, -0.2) is 0 Å². The van der Waals surface area contributed by atoms with Crippen LogP contribution >= 0.6 is 0 Å². The van der Waals surface area contributed by atoms with Crippen molar-refractivity contribution in [3.05, 3.63) is 0 Å². The van der Waals surface area contributed by atoms with Crippen molar-refractivity contribution in [2.24, 2.45) is 0 Å². The molecule has 1 saturated heterocycles. The highest BCUT2D eigenvalue weighted by molar-refractivity contribution is 5.76. The Morgan fingerprint density at radius 1 is 0.508 bits per heavy atom. The molecule has 8 atom stereocenters. The zero-order valence-electron chi connectivity index (χ0n) is 39.8. The number of unbranched alkanes of at least 4 members (excludes halogenated alkanes) is 34. The maximum atomic E-state index is 13.0. The van der Waals surface area contributed by atoms with Gasteiger partial charge in [0.25, 0.3) is 0 Å². The topological polar surface area (TPSA) is 169 Å². The molecule has 0 aromatic rings. The van der Waals surface area contributed by atoms with Crippen LogP contribution in [-0.2, 0) is 14.3 Å². The Hall–Kier alpha value is -0.850. The lowest BCUT2D eigenvalue weighted by molar-refractivity contribution is -0.303. The molecule has 1 fully saturated rings. The molecule has 61 heavy (non-hydrogen) atoms. The molecule has 364 valence electrons. The van der Waals surface area contributed by atoms with Crippen LogP contribution < -0.4 is 5.32 Å². The zero-order chi connectivity index (χ0) is 44.6. The van der Waals surface area contributed by atoms with E-state index in [1.165, 1.54) is 193 Å². The molecular formula is C51H101NO9. The van der Waals surface area contributed by atoms with Gasteiger partial charge >= 0.3 is 0 Å². The minimum Gasteiger partial charge on any atom is -0.394 e. The van der Waals surface area contributed by atoms with Crippen LogP contribution in [0.5, 0.6) is 0 Å². The maximum absolute atomic E-state index is 13.0. The van der Waals surface area contributed by atoms with Crippen molar-refractivity contribution >= 4 is 5.91 Å². The van der Waals surface area contributed by atoms with Crippen LogP contribution in [0.1, 0.15) is 258 Å². The van der Waals surface area contributed by atoms with Crippen molar-refractivity contribution in [2.45, 2.75) is 307 Å². The van der Waals surface area contributed by atoms with Gasteiger partial charge in [0.15, 0.2) is 6.29 Å². The number of carbonyl (C=O) groups excluding carboxylic acids is 1. The van der Waals surface area contributed by atoms with Crippen LogP contribution in [0, 0.1) is 0 Å². The van der Waals surface area contributed by atoms with Gasteiger partial charge in [0, 0.05) is 6.42 Å². The number of nitrogens with one attached hydrogen (secondary N) is 1. The first-order valence-corrected chi connectivity index (χ1v) is 26.3. The van der Waals surface area contributed by atoms with E-state index in [2.05, 4.69) is 19.2 Å². The lowest BCUT2D eigenvalue weighted by Crippen LogP contribution is -2.60. The molecule has 1 aliphatic rings. The van der Waals surface area contributed by atoms with Gasteiger partial charge in [-0.05, 0) is 12.8 Å². The predicted octanol–water partition coefficient (Wildman–Crippen LogP) is 10.9. The average molecular weight is 872 g/mol. The molecule has 0 aromatic heterocycles. The first kappa shape index (κ1) is 58.2. The van der Waals surface area contributed by atoms with E-state index in [4.69, 9.17) is 9.47 Å². The second-order valence-electron chi connectivity index (χ2n) is 18.8. The van der Waals surface area contributed by atoms with Gasteiger partial charge in [0.2, 0.25) is 5.91 Å². The third-order valence-corrected chi connectivity index (χ3v) is 13.1. The first-order chi connectivity index (χ1) is 29.8. The highest BCUT2D eigenvalue weighted by Crippen LogP contribution is 2.23. The zero-order valence-corrected chi connectivity index (χ0v) is 39.8. The largest absolute Gasteiger partial charge is 0.394 e. The molecule has 1 aliphatic heterocycles. The Morgan fingerprint density at radius 2 is 0.852 bits per heavy atom. The second kappa shape index (κ2) is 41.8. The van der Waals surface area contributed by atoms with Crippen molar-refractivity contribution in [1.29, 1.82) is 0 Å². The minimum atomic E-state index is -1.60. The molecule has 0 bridgehead atoms.